The van der Waals surface area contributed by atoms with Gasteiger partial charge in [-0.15, -0.1) is 0 Å². The van der Waals surface area contributed by atoms with E-state index in [0.29, 0.717) is 23.2 Å². The molecule has 3 aromatic rings. The highest BCUT2D eigenvalue weighted by Crippen LogP contribution is 2.32. The highest BCUT2D eigenvalue weighted by molar-refractivity contribution is 5.94. The van der Waals surface area contributed by atoms with Crippen molar-refractivity contribution in [1.82, 2.24) is 10.3 Å². The molecule has 0 radical (unpaired) electrons. The van der Waals surface area contributed by atoms with Gasteiger partial charge in [-0.25, -0.2) is 4.39 Å². The van der Waals surface area contributed by atoms with E-state index in [9.17, 15) is 27.2 Å². The highest BCUT2D eigenvalue weighted by Gasteiger charge is 2.30. The van der Waals surface area contributed by atoms with E-state index in [2.05, 4.69) is 17.2 Å². The Bertz CT molecular complexity index is 1250. The molecule has 0 aliphatic heterocycles. The van der Waals surface area contributed by atoms with Crippen molar-refractivity contribution in [3.05, 3.63) is 83.3 Å². The summed E-state index contributed by atoms with van der Waals surface area (Å²) in [6.45, 7) is 2.01. The van der Waals surface area contributed by atoms with Crippen LogP contribution in [0.2, 0.25) is 0 Å². The van der Waals surface area contributed by atoms with E-state index in [1.54, 1.807) is 18.3 Å². The zero-order valence-corrected chi connectivity index (χ0v) is 21.4. The van der Waals surface area contributed by atoms with Gasteiger partial charge in [0.25, 0.3) is 5.91 Å². The molecule has 0 saturated carbocycles. The van der Waals surface area contributed by atoms with E-state index in [1.807, 2.05) is 0 Å². The number of halogens is 4. The Morgan fingerprint density at radius 3 is 2.36 bits per heavy atom. The van der Waals surface area contributed by atoms with Crippen molar-refractivity contribution in [2.24, 2.45) is 0 Å². The van der Waals surface area contributed by atoms with Crippen LogP contribution in [0, 0.1) is 5.82 Å². The summed E-state index contributed by atoms with van der Waals surface area (Å²) in [4.78, 5) is 27.2. The van der Waals surface area contributed by atoms with Gasteiger partial charge in [-0.2, -0.15) is 13.2 Å². The molecule has 1 heterocycles. The molecular formula is C29H30F4N2O4. The van der Waals surface area contributed by atoms with Crippen molar-refractivity contribution in [2.45, 2.75) is 57.7 Å². The molecule has 0 unspecified atom stereocenters. The summed E-state index contributed by atoms with van der Waals surface area (Å²) in [6.07, 6.45) is 0.808. The normalized spacial score (nSPS) is 12.1. The topological polar surface area (TPSA) is 88.5 Å². The van der Waals surface area contributed by atoms with Gasteiger partial charge >= 0.3 is 12.1 Å². The fraction of sp³-hybridized carbons (Fsp3) is 0.345. The van der Waals surface area contributed by atoms with Crippen molar-refractivity contribution in [2.75, 3.05) is 6.54 Å². The standard InChI is InChI=1S/C29H30F4N2O4/c1-2-3-4-5-6-25(39-26-14-10-20(17-23(26)30)28(38)34-16-15-27(36)37)21-9-13-24(35-18-21)19-7-11-22(12-8-19)29(31,32)33/h7-14,17-18,25H,2-6,15-16H2,1H3,(H,34,38)(H,36,37)/t25-/m1/s1. The number of aromatic nitrogens is 1. The molecule has 1 atom stereocenters. The number of unbranched alkanes of at least 4 members (excludes halogenated alkanes) is 3. The van der Waals surface area contributed by atoms with Crippen LogP contribution in [0.5, 0.6) is 5.75 Å². The van der Waals surface area contributed by atoms with E-state index in [4.69, 9.17) is 9.84 Å². The molecule has 0 aliphatic rings. The number of carbonyl (C=O) groups is 2. The van der Waals surface area contributed by atoms with Crippen molar-refractivity contribution in [1.29, 1.82) is 0 Å². The lowest BCUT2D eigenvalue weighted by Gasteiger charge is -2.20. The smallest absolute Gasteiger partial charge is 0.416 e. The maximum absolute atomic E-state index is 14.9. The lowest BCUT2D eigenvalue weighted by molar-refractivity contribution is -0.138. The first-order valence-corrected chi connectivity index (χ1v) is 12.7. The minimum atomic E-state index is -4.42. The number of benzene rings is 2. The monoisotopic (exact) mass is 546 g/mol. The highest BCUT2D eigenvalue weighted by atomic mass is 19.4. The molecule has 1 amide bonds. The Kier molecular flexibility index (Phi) is 10.4. The average Bonchev–Trinajstić information content (AvgIpc) is 2.90. The molecular weight excluding hydrogens is 516 g/mol. The first-order chi connectivity index (χ1) is 18.6. The van der Waals surface area contributed by atoms with Crippen molar-refractivity contribution in [3.63, 3.8) is 0 Å². The maximum Gasteiger partial charge on any atom is 0.416 e. The molecule has 10 heteroatoms. The maximum atomic E-state index is 14.9. The second kappa shape index (κ2) is 13.7. The minimum Gasteiger partial charge on any atom is -0.483 e. The largest absolute Gasteiger partial charge is 0.483 e. The van der Waals surface area contributed by atoms with E-state index in [-0.39, 0.29) is 24.3 Å². The van der Waals surface area contributed by atoms with Gasteiger partial charge < -0.3 is 15.2 Å². The van der Waals surface area contributed by atoms with Gasteiger partial charge in [-0.1, -0.05) is 44.4 Å². The molecule has 1 aromatic heterocycles. The fourth-order valence-electron chi connectivity index (χ4n) is 3.92. The summed E-state index contributed by atoms with van der Waals surface area (Å²) >= 11 is 0. The van der Waals surface area contributed by atoms with Gasteiger partial charge in [-0.3, -0.25) is 14.6 Å². The number of alkyl halides is 3. The SMILES string of the molecule is CCCCCC[C@@H](Oc1ccc(C(=O)NCCC(=O)O)cc1F)c1ccc(-c2ccc(C(F)(F)F)cc2)nc1. The number of rotatable bonds is 13. The minimum absolute atomic E-state index is 0.0345. The Balaban J connectivity index is 1.76. The summed E-state index contributed by atoms with van der Waals surface area (Å²) in [6, 6.07) is 11.9. The number of ether oxygens (including phenoxy) is 1. The van der Waals surface area contributed by atoms with Crippen molar-refractivity contribution < 1.29 is 37.0 Å². The molecule has 0 fully saturated rings. The zero-order chi connectivity index (χ0) is 28.4. The van der Waals surface area contributed by atoms with Crippen LogP contribution in [0.3, 0.4) is 0 Å². The van der Waals surface area contributed by atoms with Gasteiger partial charge in [0.05, 0.1) is 17.7 Å². The molecule has 6 nitrogen and oxygen atoms in total. The van der Waals surface area contributed by atoms with E-state index >= 15 is 0 Å². The number of hydrogen-bond donors (Lipinski definition) is 2. The molecule has 0 spiro atoms. The van der Waals surface area contributed by atoms with Gasteiger partial charge in [0.1, 0.15) is 6.10 Å². The molecule has 0 saturated heterocycles. The molecule has 39 heavy (non-hydrogen) atoms. The number of carbonyl (C=O) groups excluding carboxylic acids is 1. The molecule has 0 bridgehead atoms. The Morgan fingerprint density at radius 1 is 1.03 bits per heavy atom. The summed E-state index contributed by atoms with van der Waals surface area (Å²) in [5.74, 6) is -2.45. The summed E-state index contributed by atoms with van der Waals surface area (Å²) < 4.78 is 59.5. The van der Waals surface area contributed by atoms with Crippen LogP contribution in [-0.4, -0.2) is 28.5 Å². The van der Waals surface area contributed by atoms with E-state index in [1.165, 1.54) is 24.3 Å². The van der Waals surface area contributed by atoms with Crippen molar-refractivity contribution >= 4 is 11.9 Å². The molecule has 208 valence electrons. The summed E-state index contributed by atoms with van der Waals surface area (Å²) in [5.41, 5.74) is 0.985. The third kappa shape index (κ3) is 8.80. The fourth-order valence-corrected chi connectivity index (χ4v) is 3.92. The van der Waals surface area contributed by atoms with Crippen molar-refractivity contribution in [3.8, 4) is 17.0 Å². The molecule has 2 aromatic carbocycles. The zero-order valence-electron chi connectivity index (χ0n) is 21.4. The van der Waals surface area contributed by atoms with Crippen LogP contribution in [0.4, 0.5) is 17.6 Å². The Hall–Kier alpha value is -3.95. The number of nitrogens with one attached hydrogen (secondary N) is 1. The third-order valence-electron chi connectivity index (χ3n) is 6.07. The number of amides is 1. The van der Waals surface area contributed by atoms with Gasteiger partial charge in [0.15, 0.2) is 11.6 Å². The summed E-state index contributed by atoms with van der Waals surface area (Å²) in [5, 5.41) is 11.1. The number of nitrogens with zero attached hydrogens (tertiary/aromatic N) is 1. The second-order valence-corrected chi connectivity index (χ2v) is 9.05. The van der Waals surface area contributed by atoms with E-state index < -0.39 is 35.5 Å². The van der Waals surface area contributed by atoms with Gasteiger partial charge in [-0.05, 0) is 49.2 Å². The van der Waals surface area contributed by atoms with Crippen LogP contribution >= 0.6 is 0 Å². The first kappa shape index (κ1) is 29.6. The van der Waals surface area contributed by atoms with Gasteiger partial charge in [0, 0.05) is 29.4 Å². The molecule has 3 rings (SSSR count). The number of hydrogen-bond acceptors (Lipinski definition) is 4. The number of carboxylic acids is 1. The average molecular weight is 547 g/mol. The Morgan fingerprint density at radius 2 is 1.77 bits per heavy atom. The predicted molar refractivity (Wildman–Crippen MR) is 138 cm³/mol. The predicted octanol–water partition coefficient (Wildman–Crippen LogP) is 7.20. The van der Waals surface area contributed by atoms with E-state index in [0.717, 1.165) is 43.9 Å². The van der Waals surface area contributed by atoms with Crippen LogP contribution in [0.1, 0.15) is 73.0 Å². The number of aliphatic carboxylic acids is 1. The van der Waals surface area contributed by atoms with Crippen LogP contribution in [-0.2, 0) is 11.0 Å². The Labute approximate surface area is 224 Å². The number of pyridine rings is 1. The van der Waals surface area contributed by atoms with Crippen LogP contribution in [0.25, 0.3) is 11.3 Å². The third-order valence-corrected chi connectivity index (χ3v) is 6.07. The molecule has 2 N–H and O–H groups in total. The van der Waals surface area contributed by atoms with Crippen LogP contribution < -0.4 is 10.1 Å². The number of carboxylic acid groups (broad SMARTS) is 1. The summed E-state index contributed by atoms with van der Waals surface area (Å²) in [7, 11) is 0. The first-order valence-electron chi connectivity index (χ1n) is 12.7. The quantitative estimate of drug-likeness (QED) is 0.175. The lowest BCUT2D eigenvalue weighted by Crippen LogP contribution is -2.26. The molecule has 0 aliphatic carbocycles. The van der Waals surface area contributed by atoms with Gasteiger partial charge in [0.2, 0.25) is 0 Å². The lowest BCUT2D eigenvalue weighted by atomic mass is 10.0. The second-order valence-electron chi connectivity index (χ2n) is 9.05. The van der Waals surface area contributed by atoms with Crippen LogP contribution in [0.15, 0.2) is 60.8 Å².